The standard InChI is InChI=1S/C104H91N3OSi4/c1-109(2,3)103(110(4,5)6)95-66-81(105(75-30-15-13-16-31-75)77-53-48-70(49-54-77)83-38-27-39-89-86-36-24-26-41-99(86)108-102(83)89)56-60-90(95)100-87-37-22-21-34-84(87)91(67-96(100)103)71-44-42-68(43-45-71)69-46-51-78(52-47-69)107-97-40-25-23-35-85(97)93-65-80(57-61-98(93)107)106(76-32-17-14-18-33-76)79-55-59-82-74(62-79)50-58-88-92-63-72-28-19-20-29-73(72)64-94(92)104(101(82)88,111(7,8)9)112(10,11)12/h13-67H,1-12H3. The summed E-state index contributed by atoms with van der Waals surface area (Å²) >= 11 is 0. The van der Waals surface area contributed by atoms with E-state index in [4.69, 9.17) is 4.42 Å². The molecule has 0 fully saturated rings. The molecule has 0 amide bonds. The van der Waals surface area contributed by atoms with Crippen molar-refractivity contribution in [1.29, 1.82) is 0 Å². The third-order valence-corrected chi connectivity index (χ3v) is 45.7. The van der Waals surface area contributed by atoms with Gasteiger partial charge in [0.05, 0.1) is 43.3 Å². The molecule has 544 valence electrons. The number of hydrogen-bond acceptors (Lipinski definition) is 3. The summed E-state index contributed by atoms with van der Waals surface area (Å²) in [7, 11) is -8.26. The van der Waals surface area contributed by atoms with E-state index in [9.17, 15) is 0 Å². The zero-order chi connectivity index (χ0) is 76.5. The van der Waals surface area contributed by atoms with Crippen LogP contribution in [0.25, 0.3) is 137 Å². The third kappa shape index (κ3) is 10.3. The number of benzene rings is 16. The molecule has 0 unspecified atom stereocenters. The van der Waals surface area contributed by atoms with Gasteiger partial charge in [-0.15, -0.1) is 0 Å². The first kappa shape index (κ1) is 69.6. The van der Waals surface area contributed by atoms with Crippen LogP contribution in [0.1, 0.15) is 22.3 Å². The monoisotopic (exact) mass is 1510 g/mol. The van der Waals surface area contributed by atoms with Gasteiger partial charge in [0.1, 0.15) is 11.2 Å². The molecule has 18 aromatic rings. The van der Waals surface area contributed by atoms with Gasteiger partial charge in [0.25, 0.3) is 0 Å². The molecule has 20 rings (SSSR count). The highest BCUT2D eigenvalue weighted by molar-refractivity contribution is 7.00. The average molecular weight is 1510 g/mol. The molecule has 2 aliphatic carbocycles. The van der Waals surface area contributed by atoms with Crippen LogP contribution in [0.2, 0.25) is 78.6 Å². The van der Waals surface area contributed by atoms with Crippen LogP contribution < -0.4 is 9.80 Å². The molecule has 0 aliphatic heterocycles. The zero-order valence-corrected chi connectivity index (χ0v) is 70.0. The molecule has 0 saturated heterocycles. The maximum Gasteiger partial charge on any atom is 0.143 e. The summed E-state index contributed by atoms with van der Waals surface area (Å²) in [5.74, 6) is 0. The molecular formula is C104H91N3OSi4. The minimum Gasteiger partial charge on any atom is -0.455 e. The number of para-hydroxylation sites is 5. The maximum atomic E-state index is 6.56. The summed E-state index contributed by atoms with van der Waals surface area (Å²) in [6.07, 6.45) is 0. The second-order valence-corrected chi connectivity index (χ2v) is 57.6. The maximum absolute atomic E-state index is 6.56. The lowest BCUT2D eigenvalue weighted by Crippen LogP contribution is -2.63. The summed E-state index contributed by atoms with van der Waals surface area (Å²) in [5, 5.41) is 12.7. The van der Waals surface area contributed by atoms with E-state index in [0.29, 0.717) is 0 Å². The van der Waals surface area contributed by atoms with Gasteiger partial charge in [-0.3, -0.25) is 0 Å². The summed E-state index contributed by atoms with van der Waals surface area (Å²) in [5.41, 5.74) is 31.0. The minimum absolute atomic E-state index is 0.000504. The Kier molecular flexibility index (Phi) is 15.8. The number of fused-ring (bicyclic) bond motifs is 17. The second kappa shape index (κ2) is 25.5. The topological polar surface area (TPSA) is 24.6 Å². The van der Waals surface area contributed by atoms with Crippen LogP contribution in [0.5, 0.6) is 0 Å². The van der Waals surface area contributed by atoms with Crippen LogP contribution >= 0.6 is 0 Å². The summed E-state index contributed by atoms with van der Waals surface area (Å²) < 4.78 is 8.87. The molecule has 0 bridgehead atoms. The van der Waals surface area contributed by atoms with Crippen LogP contribution in [0.3, 0.4) is 0 Å². The van der Waals surface area contributed by atoms with Gasteiger partial charge in [0.15, 0.2) is 0 Å². The number of rotatable bonds is 14. The molecule has 0 saturated carbocycles. The molecule has 0 radical (unpaired) electrons. The smallest absolute Gasteiger partial charge is 0.143 e. The lowest BCUT2D eigenvalue weighted by molar-refractivity contribution is 0.670. The molecule has 16 aromatic carbocycles. The molecule has 0 atom stereocenters. The Morgan fingerprint density at radius 2 is 0.741 bits per heavy atom. The van der Waals surface area contributed by atoms with E-state index in [0.717, 1.165) is 67.2 Å². The molecular weight excluding hydrogens is 1420 g/mol. The molecule has 0 spiro atoms. The molecule has 2 heterocycles. The lowest BCUT2D eigenvalue weighted by Gasteiger charge is -2.51. The van der Waals surface area contributed by atoms with E-state index in [1.807, 2.05) is 6.07 Å². The van der Waals surface area contributed by atoms with Crippen molar-refractivity contribution in [3.63, 3.8) is 0 Å². The van der Waals surface area contributed by atoms with E-state index in [-0.39, 0.29) is 9.32 Å². The first-order valence-corrected chi connectivity index (χ1v) is 53.9. The predicted molar refractivity (Wildman–Crippen MR) is 492 cm³/mol. The normalized spacial score (nSPS) is 13.9. The Morgan fingerprint density at radius 3 is 1.42 bits per heavy atom. The number of anilines is 6. The van der Waals surface area contributed by atoms with Gasteiger partial charge < -0.3 is 18.8 Å². The van der Waals surface area contributed by atoms with Crippen molar-refractivity contribution in [2.24, 2.45) is 0 Å². The zero-order valence-electron chi connectivity index (χ0n) is 66.0. The van der Waals surface area contributed by atoms with Gasteiger partial charge in [-0.2, -0.15) is 0 Å². The highest BCUT2D eigenvalue weighted by Gasteiger charge is 2.61. The fraction of sp³-hybridized carbons (Fsp3) is 0.135. The fourth-order valence-corrected chi connectivity index (χ4v) is 47.9. The van der Waals surface area contributed by atoms with E-state index in [1.165, 1.54) is 115 Å². The highest BCUT2D eigenvalue weighted by atomic mass is 28.4. The Morgan fingerprint density at radius 1 is 0.259 bits per heavy atom. The largest absolute Gasteiger partial charge is 0.455 e. The molecule has 112 heavy (non-hydrogen) atoms. The summed E-state index contributed by atoms with van der Waals surface area (Å²) in [4.78, 5) is 4.93. The first-order chi connectivity index (χ1) is 54.1. The minimum atomic E-state index is -2.16. The number of aromatic nitrogens is 1. The van der Waals surface area contributed by atoms with Crippen molar-refractivity contribution in [2.45, 2.75) is 87.9 Å². The predicted octanol–water partition coefficient (Wildman–Crippen LogP) is 30.1. The van der Waals surface area contributed by atoms with Crippen LogP contribution in [-0.4, -0.2) is 36.9 Å². The Balaban J connectivity index is 0.638. The lowest BCUT2D eigenvalue weighted by atomic mass is 9.90. The number of nitrogens with zero attached hydrogens (tertiary/aromatic N) is 3. The van der Waals surface area contributed by atoms with Crippen molar-refractivity contribution < 1.29 is 4.42 Å². The van der Waals surface area contributed by atoms with Crippen molar-refractivity contribution in [3.05, 3.63) is 356 Å². The molecule has 2 aromatic heterocycles. The van der Waals surface area contributed by atoms with Gasteiger partial charge in [0, 0.05) is 76.2 Å². The van der Waals surface area contributed by atoms with Gasteiger partial charge in [-0.25, -0.2) is 0 Å². The van der Waals surface area contributed by atoms with Crippen LogP contribution in [-0.2, 0) is 9.32 Å². The van der Waals surface area contributed by atoms with Crippen molar-refractivity contribution in [3.8, 4) is 61.3 Å². The molecule has 0 N–H and O–H groups in total. The fourth-order valence-electron chi connectivity index (χ4n) is 21.8. The summed E-state index contributed by atoms with van der Waals surface area (Å²) in [6, 6.07) is 126. The highest BCUT2D eigenvalue weighted by Crippen LogP contribution is 2.63. The first-order valence-electron chi connectivity index (χ1n) is 39.9. The van der Waals surface area contributed by atoms with Gasteiger partial charge >= 0.3 is 0 Å². The second-order valence-electron chi connectivity index (χ2n) is 35.6. The van der Waals surface area contributed by atoms with E-state index in [1.54, 1.807) is 11.1 Å². The molecule has 8 heteroatoms. The molecule has 4 nitrogen and oxygen atoms in total. The van der Waals surface area contributed by atoms with Crippen molar-refractivity contribution in [1.82, 2.24) is 4.57 Å². The summed E-state index contributed by atoms with van der Waals surface area (Å²) in [6.45, 7) is 31.6. The SMILES string of the molecule is C[Si](C)(C)C1([Si](C)(C)C)c2cc(N(c3ccccc3)c3ccc(-c4cccc5c4oc4ccccc45)cc3)ccc2-c2c1cc(-c1ccc(-c3ccc(-n4c5ccccc5c5cc(N(c6ccccc6)c6ccc7c8c(ccc7c6)-c6cc7ccccc7cc6C8([Si](C)(C)C)[Si](C)(C)C)ccc54)cc3)cc1)c1ccccc21. The van der Waals surface area contributed by atoms with Gasteiger partial charge in [-0.05, 0) is 220 Å². The van der Waals surface area contributed by atoms with E-state index < -0.39 is 32.3 Å². The van der Waals surface area contributed by atoms with Crippen molar-refractivity contribution >= 4 is 142 Å². The third-order valence-electron chi connectivity index (χ3n) is 25.5. The van der Waals surface area contributed by atoms with Crippen LogP contribution in [0.15, 0.2) is 338 Å². The van der Waals surface area contributed by atoms with E-state index in [2.05, 4.69) is 421 Å². The van der Waals surface area contributed by atoms with Gasteiger partial charge in [0.2, 0.25) is 0 Å². The van der Waals surface area contributed by atoms with Crippen molar-refractivity contribution in [2.75, 3.05) is 9.80 Å². The quantitative estimate of drug-likeness (QED) is 0.101. The molecule has 2 aliphatic rings. The van der Waals surface area contributed by atoms with Crippen LogP contribution in [0.4, 0.5) is 34.1 Å². The number of hydrogen-bond donors (Lipinski definition) is 0. The Hall–Kier alpha value is -11.6. The van der Waals surface area contributed by atoms with Gasteiger partial charge in [-0.1, -0.05) is 297 Å². The number of furan rings is 1. The Bertz CT molecular complexity index is 6820. The van der Waals surface area contributed by atoms with Crippen LogP contribution in [0, 0.1) is 0 Å². The Labute approximate surface area is 661 Å². The van der Waals surface area contributed by atoms with E-state index >= 15 is 0 Å². The average Bonchev–Trinajstić information content (AvgIpc) is 1.51.